The number of nitrogens with zero attached hydrogens (tertiary/aromatic N) is 1. The molecule has 0 amide bonds. The molecular weight excluding hydrogens is 146 g/mol. The van der Waals surface area contributed by atoms with Crippen LogP contribution >= 0.6 is 0 Å². The van der Waals surface area contributed by atoms with E-state index in [2.05, 4.69) is 32.4 Å². The van der Waals surface area contributed by atoms with E-state index in [1.54, 1.807) is 0 Å². The molecule has 12 heavy (non-hydrogen) atoms. The van der Waals surface area contributed by atoms with Crippen LogP contribution in [0.2, 0.25) is 0 Å². The highest BCUT2D eigenvalue weighted by atomic mass is 15.1. The fourth-order valence-corrected chi connectivity index (χ4v) is 2.36. The molecule has 1 nitrogen and oxygen atoms in total. The number of likely N-dealkylation sites (tertiary alicyclic amines) is 1. The van der Waals surface area contributed by atoms with Crippen molar-refractivity contribution in [2.75, 3.05) is 13.6 Å². The first kappa shape index (κ1) is 9.79. The van der Waals surface area contributed by atoms with Crippen molar-refractivity contribution in [2.45, 2.75) is 39.2 Å². The summed E-state index contributed by atoms with van der Waals surface area (Å²) in [7, 11) is 2.23. The molecule has 1 heteroatoms. The lowest BCUT2D eigenvalue weighted by Gasteiger charge is -2.44. The molecule has 1 fully saturated rings. The minimum absolute atomic E-state index is 0.473. The zero-order chi connectivity index (χ0) is 9.19. The fraction of sp³-hybridized carbons (Fsp3) is 0.818. The molecule has 1 aliphatic rings. The first-order valence-corrected chi connectivity index (χ1v) is 4.89. The molecule has 1 atom stereocenters. The summed E-state index contributed by atoms with van der Waals surface area (Å²) >= 11 is 0. The second-order valence-electron chi connectivity index (χ2n) is 4.61. The van der Waals surface area contributed by atoms with Crippen LogP contribution in [-0.2, 0) is 0 Å². The molecule has 1 unspecified atom stereocenters. The molecule has 0 aromatic heterocycles. The third kappa shape index (κ3) is 1.89. The van der Waals surface area contributed by atoms with Crippen molar-refractivity contribution >= 4 is 0 Å². The Morgan fingerprint density at radius 3 is 2.75 bits per heavy atom. The summed E-state index contributed by atoms with van der Waals surface area (Å²) in [6, 6.07) is 0.698. The lowest BCUT2D eigenvalue weighted by Crippen LogP contribution is -2.47. The highest BCUT2D eigenvalue weighted by Crippen LogP contribution is 2.35. The van der Waals surface area contributed by atoms with Gasteiger partial charge >= 0.3 is 0 Å². The van der Waals surface area contributed by atoms with Crippen molar-refractivity contribution in [1.29, 1.82) is 0 Å². The summed E-state index contributed by atoms with van der Waals surface area (Å²) in [6.45, 7) is 9.82. The zero-order valence-electron chi connectivity index (χ0n) is 8.64. The molecule has 0 spiro atoms. The minimum Gasteiger partial charge on any atom is -0.303 e. The normalized spacial score (nSPS) is 30.1. The molecule has 1 aliphatic heterocycles. The van der Waals surface area contributed by atoms with Crippen molar-refractivity contribution in [3.8, 4) is 0 Å². The standard InChI is InChI=1S/C11H21N/c1-5-7-10-11(2,3)8-6-9-12(10)4/h5,10H,1,6-9H2,2-4H3. The van der Waals surface area contributed by atoms with Gasteiger partial charge in [-0.15, -0.1) is 6.58 Å². The van der Waals surface area contributed by atoms with E-state index >= 15 is 0 Å². The highest BCUT2D eigenvalue weighted by molar-refractivity contribution is 4.92. The quantitative estimate of drug-likeness (QED) is 0.572. The van der Waals surface area contributed by atoms with Gasteiger partial charge < -0.3 is 4.90 Å². The Morgan fingerprint density at radius 1 is 1.58 bits per heavy atom. The van der Waals surface area contributed by atoms with Gasteiger partial charge in [0.2, 0.25) is 0 Å². The molecule has 0 aromatic rings. The SMILES string of the molecule is C=CCC1N(C)CCCC1(C)C. The smallest absolute Gasteiger partial charge is 0.0178 e. The molecule has 0 aliphatic carbocycles. The number of hydrogen-bond acceptors (Lipinski definition) is 1. The van der Waals surface area contributed by atoms with Gasteiger partial charge in [0.1, 0.15) is 0 Å². The van der Waals surface area contributed by atoms with Gasteiger partial charge in [-0.3, -0.25) is 0 Å². The molecule has 0 radical (unpaired) electrons. The van der Waals surface area contributed by atoms with Crippen molar-refractivity contribution in [3.05, 3.63) is 12.7 Å². The Labute approximate surface area is 76.5 Å². The Balaban J connectivity index is 2.66. The van der Waals surface area contributed by atoms with Crippen molar-refractivity contribution < 1.29 is 0 Å². The highest BCUT2D eigenvalue weighted by Gasteiger charge is 2.34. The Morgan fingerprint density at radius 2 is 2.25 bits per heavy atom. The van der Waals surface area contributed by atoms with Crippen LogP contribution in [0.1, 0.15) is 33.1 Å². The van der Waals surface area contributed by atoms with Crippen molar-refractivity contribution in [3.63, 3.8) is 0 Å². The maximum absolute atomic E-state index is 3.83. The lowest BCUT2D eigenvalue weighted by atomic mass is 9.75. The number of piperidine rings is 1. The van der Waals surface area contributed by atoms with Crippen molar-refractivity contribution in [2.24, 2.45) is 5.41 Å². The monoisotopic (exact) mass is 167 g/mol. The van der Waals surface area contributed by atoms with Gasteiger partial charge in [-0.2, -0.15) is 0 Å². The summed E-state index contributed by atoms with van der Waals surface area (Å²) in [5.41, 5.74) is 0.473. The molecule has 1 rings (SSSR count). The molecule has 1 saturated heterocycles. The van der Waals surface area contributed by atoms with Crippen LogP contribution in [0.4, 0.5) is 0 Å². The Hall–Kier alpha value is -0.300. The van der Waals surface area contributed by atoms with E-state index in [1.807, 2.05) is 6.08 Å². The lowest BCUT2D eigenvalue weighted by molar-refractivity contribution is 0.0604. The molecule has 0 aromatic carbocycles. The van der Waals surface area contributed by atoms with E-state index in [9.17, 15) is 0 Å². The first-order chi connectivity index (χ1) is 5.58. The van der Waals surface area contributed by atoms with E-state index in [0.717, 1.165) is 6.42 Å². The average Bonchev–Trinajstić information content (AvgIpc) is 1.97. The van der Waals surface area contributed by atoms with Gasteiger partial charge in [-0.05, 0) is 38.3 Å². The van der Waals surface area contributed by atoms with Crippen LogP contribution in [0.5, 0.6) is 0 Å². The maximum atomic E-state index is 3.83. The molecular formula is C11H21N. The largest absolute Gasteiger partial charge is 0.303 e. The van der Waals surface area contributed by atoms with Crippen molar-refractivity contribution in [1.82, 2.24) is 4.90 Å². The van der Waals surface area contributed by atoms with E-state index < -0.39 is 0 Å². The van der Waals surface area contributed by atoms with Gasteiger partial charge in [0.05, 0.1) is 0 Å². The third-order valence-electron chi connectivity index (χ3n) is 3.16. The van der Waals surface area contributed by atoms with Gasteiger partial charge in [-0.25, -0.2) is 0 Å². The van der Waals surface area contributed by atoms with Gasteiger partial charge in [0.15, 0.2) is 0 Å². The maximum Gasteiger partial charge on any atom is 0.0178 e. The second-order valence-corrected chi connectivity index (χ2v) is 4.61. The molecule has 0 bridgehead atoms. The summed E-state index contributed by atoms with van der Waals surface area (Å²) < 4.78 is 0. The van der Waals surface area contributed by atoms with E-state index in [4.69, 9.17) is 0 Å². The molecule has 0 saturated carbocycles. The van der Waals surface area contributed by atoms with Crippen LogP contribution in [-0.4, -0.2) is 24.5 Å². The second kappa shape index (κ2) is 3.61. The van der Waals surface area contributed by atoms with Crippen LogP contribution in [0.3, 0.4) is 0 Å². The predicted molar refractivity (Wildman–Crippen MR) is 54.2 cm³/mol. The first-order valence-electron chi connectivity index (χ1n) is 4.89. The molecule has 0 N–H and O–H groups in total. The molecule has 1 heterocycles. The third-order valence-corrected chi connectivity index (χ3v) is 3.16. The van der Waals surface area contributed by atoms with Crippen LogP contribution < -0.4 is 0 Å². The van der Waals surface area contributed by atoms with Crippen LogP contribution in [0.15, 0.2) is 12.7 Å². The van der Waals surface area contributed by atoms with Gasteiger partial charge in [0.25, 0.3) is 0 Å². The Kier molecular flexibility index (Phi) is 2.94. The van der Waals surface area contributed by atoms with E-state index in [0.29, 0.717) is 11.5 Å². The summed E-state index contributed by atoms with van der Waals surface area (Å²) in [5, 5.41) is 0. The summed E-state index contributed by atoms with van der Waals surface area (Å²) in [6.07, 6.45) is 5.88. The summed E-state index contributed by atoms with van der Waals surface area (Å²) in [4.78, 5) is 2.48. The topological polar surface area (TPSA) is 3.24 Å². The fourth-order valence-electron chi connectivity index (χ4n) is 2.36. The average molecular weight is 167 g/mol. The van der Waals surface area contributed by atoms with Gasteiger partial charge in [0, 0.05) is 6.04 Å². The number of hydrogen-bond donors (Lipinski definition) is 0. The minimum atomic E-state index is 0.473. The molecule has 70 valence electrons. The Bertz CT molecular complexity index is 160. The summed E-state index contributed by atoms with van der Waals surface area (Å²) in [5.74, 6) is 0. The van der Waals surface area contributed by atoms with Crippen LogP contribution in [0.25, 0.3) is 0 Å². The number of rotatable bonds is 2. The zero-order valence-corrected chi connectivity index (χ0v) is 8.64. The van der Waals surface area contributed by atoms with Gasteiger partial charge in [-0.1, -0.05) is 19.9 Å². The van der Waals surface area contributed by atoms with Crippen LogP contribution in [0, 0.1) is 5.41 Å². The predicted octanol–water partition coefficient (Wildman–Crippen LogP) is 2.68. The van der Waals surface area contributed by atoms with E-state index in [1.165, 1.54) is 19.4 Å². The van der Waals surface area contributed by atoms with E-state index in [-0.39, 0.29) is 0 Å².